The minimum atomic E-state index is -0.806. The minimum Gasteiger partial charge on any atom is -0.507 e. The summed E-state index contributed by atoms with van der Waals surface area (Å²) in [5.74, 6) is -0.0264. The number of nitrogens with one attached hydrogen (secondary N) is 1. The van der Waals surface area contributed by atoms with Crippen molar-refractivity contribution in [2.24, 2.45) is 11.3 Å². The molecule has 58 heavy (non-hydrogen) atoms. The van der Waals surface area contributed by atoms with Gasteiger partial charge in [0.25, 0.3) is 0 Å². The number of aliphatic hydroxyl groups is 1. The van der Waals surface area contributed by atoms with E-state index in [1.807, 2.05) is 87.8 Å². The number of benzene rings is 3. The smallest absolute Gasteiger partial charge is 0.243 e. The van der Waals surface area contributed by atoms with Crippen LogP contribution >= 0.6 is 11.3 Å². The molecule has 1 spiro atoms. The molecule has 6 heterocycles. The van der Waals surface area contributed by atoms with Gasteiger partial charge in [0.2, 0.25) is 11.8 Å². The van der Waals surface area contributed by atoms with Gasteiger partial charge in [-0.1, -0.05) is 61.5 Å². The zero-order valence-corrected chi connectivity index (χ0v) is 33.7. The predicted octanol–water partition coefficient (Wildman–Crippen LogP) is 6.33. The Bertz CT molecular complexity index is 2490. The number of β-amino-alcohol motifs (C(OH)–C–C–N with tert-alkyl or cyclic N) is 1. The van der Waals surface area contributed by atoms with Crippen molar-refractivity contribution in [3.63, 3.8) is 0 Å². The summed E-state index contributed by atoms with van der Waals surface area (Å²) in [6.45, 7) is 11.3. The monoisotopic (exact) mass is 798 g/mol. The molecule has 0 radical (unpaired) electrons. The van der Waals surface area contributed by atoms with E-state index in [4.69, 9.17) is 4.52 Å². The van der Waals surface area contributed by atoms with Crippen LogP contribution in [-0.2, 0) is 9.59 Å². The molecule has 0 aliphatic carbocycles. The second-order valence-corrected chi connectivity index (χ2v) is 17.4. The van der Waals surface area contributed by atoms with Gasteiger partial charge in [-0.05, 0) is 61.2 Å². The SMILES string of the molecule is Cc1ncsc1-c1ccc(C(C)NC(=O)[C@@H]2C[C@@H](O)CN2C(=O)C(c2cc(N3CC4(CN(c5ccc6cc(-c7ccccc7O)nnc6c5)C4)C3)no2)C(C)C)cc1. The molecule has 6 aromatic rings. The molecular formula is C44H46N8O5S. The maximum atomic E-state index is 14.3. The van der Waals surface area contributed by atoms with Gasteiger partial charge in [-0.25, -0.2) is 4.98 Å². The van der Waals surface area contributed by atoms with Crippen molar-refractivity contribution in [3.05, 3.63) is 101 Å². The van der Waals surface area contributed by atoms with Crippen LogP contribution in [0.2, 0.25) is 0 Å². The van der Waals surface area contributed by atoms with Crippen LogP contribution < -0.4 is 15.1 Å². The number of phenols is 1. The van der Waals surface area contributed by atoms with Crippen LogP contribution in [-0.4, -0.2) is 92.1 Å². The zero-order chi connectivity index (χ0) is 40.3. The molecule has 3 N–H and O–H groups in total. The molecule has 3 aliphatic rings. The Kier molecular flexibility index (Phi) is 9.63. The Morgan fingerprint density at radius 3 is 2.43 bits per heavy atom. The molecule has 4 atom stereocenters. The normalized spacial score (nSPS) is 19.7. The molecule has 14 heteroatoms. The molecule has 0 saturated carbocycles. The minimum absolute atomic E-state index is 0.0760. The highest BCUT2D eigenvalue weighted by atomic mass is 32.1. The van der Waals surface area contributed by atoms with Gasteiger partial charge >= 0.3 is 0 Å². The lowest BCUT2D eigenvalue weighted by Crippen LogP contribution is -2.72. The number of rotatable bonds is 10. The Morgan fingerprint density at radius 2 is 1.71 bits per heavy atom. The first kappa shape index (κ1) is 37.7. The van der Waals surface area contributed by atoms with Gasteiger partial charge < -0.3 is 34.8 Å². The summed E-state index contributed by atoms with van der Waals surface area (Å²) in [5.41, 5.74) is 8.14. The molecule has 13 nitrogen and oxygen atoms in total. The van der Waals surface area contributed by atoms with Gasteiger partial charge in [0.15, 0.2) is 11.6 Å². The summed E-state index contributed by atoms with van der Waals surface area (Å²) >= 11 is 1.60. The first-order chi connectivity index (χ1) is 27.9. The third-order valence-electron chi connectivity index (χ3n) is 11.9. The van der Waals surface area contributed by atoms with Crippen LogP contribution in [0, 0.1) is 18.3 Å². The number of aryl methyl sites for hydroxylation is 1. The van der Waals surface area contributed by atoms with E-state index in [0.29, 0.717) is 22.8 Å². The number of aromatic nitrogens is 4. The number of fused-ring (bicyclic) bond motifs is 1. The Morgan fingerprint density at radius 1 is 0.948 bits per heavy atom. The fraction of sp³-hybridized carbons (Fsp3) is 0.364. The van der Waals surface area contributed by atoms with Crippen molar-refractivity contribution in [2.45, 2.75) is 58.2 Å². The maximum absolute atomic E-state index is 14.3. The van der Waals surface area contributed by atoms with E-state index in [2.05, 4.69) is 47.6 Å². The maximum Gasteiger partial charge on any atom is 0.243 e. The summed E-state index contributed by atoms with van der Waals surface area (Å²) in [6.07, 6.45) is -0.639. The average Bonchev–Trinajstić information content (AvgIpc) is 3.94. The van der Waals surface area contributed by atoms with Crippen LogP contribution in [0.5, 0.6) is 5.75 Å². The molecule has 3 aliphatic heterocycles. The van der Waals surface area contributed by atoms with E-state index in [0.717, 1.165) is 64.5 Å². The van der Waals surface area contributed by atoms with Crippen LogP contribution in [0.25, 0.3) is 32.6 Å². The summed E-state index contributed by atoms with van der Waals surface area (Å²) in [5, 5.41) is 38.2. The van der Waals surface area contributed by atoms with Gasteiger partial charge in [0.1, 0.15) is 17.7 Å². The molecule has 298 valence electrons. The summed E-state index contributed by atoms with van der Waals surface area (Å²) in [7, 11) is 0. The molecule has 3 aromatic carbocycles. The number of thiazole rings is 1. The second kappa shape index (κ2) is 14.8. The quantitative estimate of drug-likeness (QED) is 0.142. The third-order valence-corrected chi connectivity index (χ3v) is 12.9. The number of nitrogens with zero attached hydrogens (tertiary/aromatic N) is 7. The van der Waals surface area contributed by atoms with Crippen LogP contribution in [0.1, 0.15) is 56.2 Å². The van der Waals surface area contributed by atoms with Crippen molar-refractivity contribution < 1.29 is 24.3 Å². The summed E-state index contributed by atoms with van der Waals surface area (Å²) < 4.78 is 5.87. The van der Waals surface area contributed by atoms with Crippen molar-refractivity contribution in [1.82, 2.24) is 30.6 Å². The molecule has 3 saturated heterocycles. The van der Waals surface area contributed by atoms with Crippen molar-refractivity contribution in [2.75, 3.05) is 42.5 Å². The highest BCUT2D eigenvalue weighted by Crippen LogP contribution is 2.45. The Balaban J connectivity index is 0.816. The van der Waals surface area contributed by atoms with E-state index in [1.165, 1.54) is 4.90 Å². The van der Waals surface area contributed by atoms with Crippen molar-refractivity contribution in [1.29, 1.82) is 0 Å². The fourth-order valence-electron chi connectivity index (χ4n) is 8.80. The number of anilines is 2. The zero-order valence-electron chi connectivity index (χ0n) is 32.9. The molecule has 0 bridgehead atoms. The number of aliphatic hydroxyl groups excluding tert-OH is 1. The van der Waals surface area contributed by atoms with Gasteiger partial charge in [-0.2, -0.15) is 0 Å². The number of aromatic hydroxyl groups is 1. The Hall–Kier alpha value is -5.86. The van der Waals surface area contributed by atoms with E-state index < -0.39 is 18.1 Å². The van der Waals surface area contributed by atoms with Gasteiger partial charge in [0, 0.05) is 67.3 Å². The predicted molar refractivity (Wildman–Crippen MR) is 223 cm³/mol. The first-order valence-electron chi connectivity index (χ1n) is 19.8. The summed E-state index contributed by atoms with van der Waals surface area (Å²) in [4.78, 5) is 39.5. The fourth-order valence-corrected chi connectivity index (χ4v) is 9.62. The summed E-state index contributed by atoms with van der Waals surface area (Å²) in [6, 6.07) is 24.1. The van der Waals surface area contributed by atoms with Gasteiger partial charge in [-0.3, -0.25) is 9.59 Å². The lowest BCUT2D eigenvalue weighted by molar-refractivity contribution is -0.141. The van der Waals surface area contributed by atoms with Crippen molar-refractivity contribution in [3.8, 4) is 27.4 Å². The highest BCUT2D eigenvalue weighted by molar-refractivity contribution is 7.13. The Labute approximate surface area is 340 Å². The molecule has 3 fully saturated rings. The molecule has 2 unspecified atom stereocenters. The topological polar surface area (TPSA) is 161 Å². The van der Waals surface area contributed by atoms with Crippen molar-refractivity contribution >= 4 is 45.6 Å². The van der Waals surface area contributed by atoms with E-state index in [-0.39, 0.29) is 47.9 Å². The molecule has 2 amide bonds. The number of amides is 2. The molecule has 3 aromatic heterocycles. The van der Waals surface area contributed by atoms with E-state index in [9.17, 15) is 19.8 Å². The lowest BCUT2D eigenvalue weighted by Gasteiger charge is -2.61. The number of carbonyl (C=O) groups excluding carboxylic acids is 2. The third kappa shape index (κ3) is 6.93. The van der Waals surface area contributed by atoms with Crippen LogP contribution in [0.15, 0.2) is 88.9 Å². The average molecular weight is 799 g/mol. The first-order valence-corrected chi connectivity index (χ1v) is 20.6. The van der Waals surface area contributed by atoms with Gasteiger partial charge in [0.05, 0.1) is 39.4 Å². The number of likely N-dealkylation sites (tertiary alicyclic amines) is 1. The number of para-hydroxylation sites is 1. The molecular weight excluding hydrogens is 753 g/mol. The lowest BCUT2D eigenvalue weighted by atomic mass is 9.72. The number of hydrogen-bond donors (Lipinski definition) is 3. The second-order valence-electron chi connectivity index (χ2n) is 16.5. The number of carbonyl (C=O) groups is 2. The van der Waals surface area contributed by atoms with E-state index >= 15 is 0 Å². The largest absolute Gasteiger partial charge is 0.507 e. The highest BCUT2D eigenvalue weighted by Gasteiger charge is 2.53. The van der Waals surface area contributed by atoms with Crippen LogP contribution in [0.4, 0.5) is 11.5 Å². The van der Waals surface area contributed by atoms with Crippen LogP contribution in [0.3, 0.4) is 0 Å². The standard InChI is InChI=1S/C44H46N8O5S/c1-25(2)40(43(56)52-19-32(53)17-36(52)42(55)46-26(3)28-9-11-29(12-10-28)41-27(4)45-24-58-41)38-18-39(49-57-38)51-22-44(23-51)20-50(21-44)31-14-13-30-15-35(48-47-34(30)16-31)33-7-5-6-8-37(33)54/h5-16,18,24-26,32,36,40,53-54H,17,19-23H2,1-4H3,(H,46,55)/t26?,32-,36+,40?/m1/s1. The number of hydrogen-bond acceptors (Lipinski definition) is 12. The molecule has 9 rings (SSSR count). The van der Waals surface area contributed by atoms with Gasteiger partial charge in [-0.15, -0.1) is 21.5 Å². The number of phenolic OH excluding ortho intramolecular Hbond substituents is 1. The van der Waals surface area contributed by atoms with E-state index in [1.54, 1.807) is 23.5 Å².